The Kier molecular flexibility index (Phi) is 5.97. The third kappa shape index (κ3) is 6.26. The van der Waals surface area contributed by atoms with Crippen LogP contribution in [0.4, 0.5) is 0 Å². The van der Waals surface area contributed by atoms with E-state index in [9.17, 15) is 9.59 Å². The number of hydrogen-bond acceptors (Lipinski definition) is 3. The van der Waals surface area contributed by atoms with Crippen LogP contribution in [-0.2, 0) is 9.59 Å². The first-order chi connectivity index (χ1) is 8.08. The van der Waals surface area contributed by atoms with Crippen LogP contribution < -0.4 is 16.0 Å². The highest BCUT2D eigenvalue weighted by Gasteiger charge is 2.19. The van der Waals surface area contributed by atoms with Crippen molar-refractivity contribution in [1.82, 2.24) is 16.0 Å². The molecule has 0 bridgehead atoms. The van der Waals surface area contributed by atoms with Crippen LogP contribution in [0.1, 0.15) is 39.5 Å². The van der Waals surface area contributed by atoms with Crippen molar-refractivity contribution in [3.05, 3.63) is 0 Å². The van der Waals surface area contributed by atoms with E-state index in [2.05, 4.69) is 29.8 Å². The molecule has 1 heterocycles. The zero-order valence-corrected chi connectivity index (χ0v) is 10.7. The van der Waals surface area contributed by atoms with Gasteiger partial charge in [-0.3, -0.25) is 9.59 Å². The van der Waals surface area contributed by atoms with E-state index >= 15 is 0 Å². The van der Waals surface area contributed by atoms with Crippen molar-refractivity contribution in [1.29, 1.82) is 0 Å². The van der Waals surface area contributed by atoms with Gasteiger partial charge in [0.2, 0.25) is 11.8 Å². The first-order valence-corrected chi connectivity index (χ1v) is 6.37. The highest BCUT2D eigenvalue weighted by atomic mass is 16.2. The molecule has 98 valence electrons. The summed E-state index contributed by atoms with van der Waals surface area (Å²) in [7, 11) is 0. The molecule has 0 radical (unpaired) electrons. The minimum absolute atomic E-state index is 0.0802. The SMILES string of the molecule is CC(C)NCCCC(=O)NC1CCC(=O)NC1. The van der Waals surface area contributed by atoms with Crippen LogP contribution in [0.25, 0.3) is 0 Å². The van der Waals surface area contributed by atoms with Gasteiger partial charge in [-0.15, -0.1) is 0 Å². The lowest BCUT2D eigenvalue weighted by Crippen LogP contribution is -2.47. The summed E-state index contributed by atoms with van der Waals surface area (Å²) in [6, 6.07) is 0.574. The van der Waals surface area contributed by atoms with Crippen molar-refractivity contribution >= 4 is 11.8 Å². The summed E-state index contributed by atoms with van der Waals surface area (Å²) < 4.78 is 0. The molecule has 0 aromatic rings. The van der Waals surface area contributed by atoms with Gasteiger partial charge in [-0.2, -0.15) is 0 Å². The van der Waals surface area contributed by atoms with E-state index in [1.165, 1.54) is 0 Å². The molecule has 1 unspecified atom stereocenters. The van der Waals surface area contributed by atoms with E-state index in [1.54, 1.807) is 0 Å². The Morgan fingerprint density at radius 1 is 1.53 bits per heavy atom. The Bertz CT molecular complexity index is 256. The van der Waals surface area contributed by atoms with Gasteiger partial charge in [0, 0.05) is 31.5 Å². The van der Waals surface area contributed by atoms with Crippen LogP contribution in [0.15, 0.2) is 0 Å². The average Bonchev–Trinajstić information content (AvgIpc) is 2.27. The zero-order valence-electron chi connectivity index (χ0n) is 10.7. The molecule has 3 N–H and O–H groups in total. The smallest absolute Gasteiger partial charge is 0.220 e. The van der Waals surface area contributed by atoms with Gasteiger partial charge >= 0.3 is 0 Å². The molecule has 0 aromatic heterocycles. The number of hydrogen-bond donors (Lipinski definition) is 3. The number of carbonyl (C=O) groups is 2. The molecular weight excluding hydrogens is 218 g/mol. The zero-order chi connectivity index (χ0) is 12.7. The van der Waals surface area contributed by atoms with E-state index < -0.39 is 0 Å². The summed E-state index contributed by atoms with van der Waals surface area (Å²) in [6.07, 6.45) is 2.66. The quantitative estimate of drug-likeness (QED) is 0.580. The second-order valence-electron chi connectivity index (χ2n) is 4.82. The number of piperidine rings is 1. The maximum absolute atomic E-state index is 11.6. The fourth-order valence-electron chi connectivity index (χ4n) is 1.80. The van der Waals surface area contributed by atoms with E-state index in [4.69, 9.17) is 0 Å². The molecule has 1 aliphatic rings. The molecule has 0 aliphatic carbocycles. The van der Waals surface area contributed by atoms with Crippen LogP contribution in [0.2, 0.25) is 0 Å². The Morgan fingerprint density at radius 3 is 2.88 bits per heavy atom. The Labute approximate surface area is 103 Å². The monoisotopic (exact) mass is 241 g/mol. The molecule has 1 atom stereocenters. The molecule has 1 rings (SSSR count). The number of nitrogens with one attached hydrogen (secondary N) is 3. The largest absolute Gasteiger partial charge is 0.354 e. The van der Waals surface area contributed by atoms with Crippen LogP contribution in [-0.4, -0.2) is 37.0 Å². The van der Waals surface area contributed by atoms with E-state index in [0.29, 0.717) is 25.4 Å². The second-order valence-corrected chi connectivity index (χ2v) is 4.82. The standard InChI is InChI=1S/C12H23N3O2/c1-9(2)13-7-3-4-12(17)15-10-5-6-11(16)14-8-10/h9-10,13H,3-8H2,1-2H3,(H,14,16)(H,15,17). The van der Waals surface area contributed by atoms with Gasteiger partial charge in [0.15, 0.2) is 0 Å². The summed E-state index contributed by atoms with van der Waals surface area (Å²) in [6.45, 7) is 5.61. The fraction of sp³-hybridized carbons (Fsp3) is 0.833. The minimum atomic E-state index is 0.0802. The minimum Gasteiger partial charge on any atom is -0.354 e. The van der Waals surface area contributed by atoms with Crippen molar-refractivity contribution in [2.45, 2.75) is 51.6 Å². The van der Waals surface area contributed by atoms with Gasteiger partial charge in [-0.1, -0.05) is 13.8 Å². The van der Waals surface area contributed by atoms with Crippen LogP contribution in [0.3, 0.4) is 0 Å². The summed E-state index contributed by atoms with van der Waals surface area (Å²) in [5, 5.41) is 8.97. The number of rotatable bonds is 6. The first-order valence-electron chi connectivity index (χ1n) is 6.37. The van der Waals surface area contributed by atoms with Crippen LogP contribution >= 0.6 is 0 Å². The Balaban J connectivity index is 2.06. The maximum Gasteiger partial charge on any atom is 0.220 e. The van der Waals surface area contributed by atoms with E-state index in [1.807, 2.05) is 0 Å². The van der Waals surface area contributed by atoms with Gasteiger partial charge < -0.3 is 16.0 Å². The molecule has 0 spiro atoms. The topological polar surface area (TPSA) is 70.2 Å². The van der Waals surface area contributed by atoms with Crippen molar-refractivity contribution in [3.63, 3.8) is 0 Å². The molecule has 0 saturated carbocycles. The molecule has 1 fully saturated rings. The molecular formula is C12H23N3O2. The molecule has 1 aliphatic heterocycles. The number of amides is 2. The number of carbonyl (C=O) groups excluding carboxylic acids is 2. The maximum atomic E-state index is 11.6. The summed E-state index contributed by atoms with van der Waals surface area (Å²) in [5.74, 6) is 0.160. The lowest BCUT2D eigenvalue weighted by molar-refractivity contribution is -0.125. The third-order valence-electron chi connectivity index (χ3n) is 2.76. The van der Waals surface area contributed by atoms with Gasteiger partial charge in [0.25, 0.3) is 0 Å². The third-order valence-corrected chi connectivity index (χ3v) is 2.76. The molecule has 2 amide bonds. The van der Waals surface area contributed by atoms with Gasteiger partial charge in [-0.25, -0.2) is 0 Å². The predicted octanol–water partition coefficient (Wildman–Crippen LogP) is 0.159. The van der Waals surface area contributed by atoms with Crippen molar-refractivity contribution in [3.8, 4) is 0 Å². The molecule has 17 heavy (non-hydrogen) atoms. The van der Waals surface area contributed by atoms with Crippen molar-refractivity contribution in [2.24, 2.45) is 0 Å². The van der Waals surface area contributed by atoms with Gasteiger partial charge in [0.05, 0.1) is 0 Å². The Hall–Kier alpha value is -1.10. The Morgan fingerprint density at radius 2 is 2.29 bits per heavy atom. The fourth-order valence-corrected chi connectivity index (χ4v) is 1.80. The normalized spacial score (nSPS) is 20.2. The lowest BCUT2D eigenvalue weighted by atomic mass is 10.1. The summed E-state index contributed by atoms with van der Waals surface area (Å²) >= 11 is 0. The highest BCUT2D eigenvalue weighted by molar-refractivity contribution is 5.78. The van der Waals surface area contributed by atoms with Crippen molar-refractivity contribution in [2.75, 3.05) is 13.1 Å². The molecule has 1 saturated heterocycles. The van der Waals surface area contributed by atoms with Crippen LogP contribution in [0.5, 0.6) is 0 Å². The second kappa shape index (κ2) is 7.27. The molecule has 5 nitrogen and oxygen atoms in total. The average molecular weight is 241 g/mol. The van der Waals surface area contributed by atoms with Crippen LogP contribution in [0, 0.1) is 0 Å². The lowest BCUT2D eigenvalue weighted by Gasteiger charge is -2.23. The van der Waals surface area contributed by atoms with Gasteiger partial charge in [-0.05, 0) is 19.4 Å². The molecule has 0 aromatic carbocycles. The highest BCUT2D eigenvalue weighted by Crippen LogP contribution is 2.03. The van der Waals surface area contributed by atoms with Gasteiger partial charge in [0.1, 0.15) is 0 Å². The summed E-state index contributed by atoms with van der Waals surface area (Å²) in [5.41, 5.74) is 0. The predicted molar refractivity (Wildman–Crippen MR) is 66.5 cm³/mol. The van der Waals surface area contributed by atoms with E-state index in [-0.39, 0.29) is 17.9 Å². The summed E-state index contributed by atoms with van der Waals surface area (Å²) in [4.78, 5) is 22.5. The first kappa shape index (κ1) is 14.0. The van der Waals surface area contributed by atoms with Crippen molar-refractivity contribution < 1.29 is 9.59 Å². The van der Waals surface area contributed by atoms with E-state index in [0.717, 1.165) is 19.4 Å². The molecule has 5 heteroatoms.